The molecule has 38 heavy (non-hydrogen) atoms. The molecular formula is C31H51Cl2KN2O2-2. The monoisotopic (exact) mass is 592 g/mol. The first-order chi connectivity index (χ1) is 17.4. The molecule has 1 aromatic rings. The summed E-state index contributed by atoms with van der Waals surface area (Å²) in [5, 5.41) is 4.59. The van der Waals surface area contributed by atoms with Crippen LogP contribution in [0.2, 0.25) is 10.0 Å². The van der Waals surface area contributed by atoms with E-state index >= 15 is 0 Å². The molecule has 0 aliphatic carbocycles. The second-order valence-electron chi connectivity index (χ2n) is 8.76. The standard InChI is InChI=1S/C14H17Cl2NO.C7H12NO.C4H8.2C3H7.K/c1-5-14(18-4)10(3)17-9(2)12-7-6-11(15)8-13(12)16;1-8-5-2-3-7(8)4-6-9;1-4(2)3;2*1-3-2;/h5-9,17H,1H2,2-4H3;7H,2-5H2,1H3;1H2,2-3H3;2*1,3H2,2H3;/q;-1;;2*-1;+1/b14-10-;;;;;/t;7-;;;;/m.0..../s1. The maximum atomic E-state index is 9.95. The molecule has 0 radical (unpaired) electrons. The van der Waals surface area contributed by atoms with E-state index in [1.807, 2.05) is 60.0 Å². The van der Waals surface area contributed by atoms with Crippen LogP contribution in [0.3, 0.4) is 0 Å². The van der Waals surface area contributed by atoms with E-state index in [0.717, 1.165) is 30.6 Å². The second kappa shape index (κ2) is 29.9. The van der Waals surface area contributed by atoms with Gasteiger partial charge in [-0.05, 0) is 83.9 Å². The molecule has 4 nitrogen and oxygen atoms in total. The van der Waals surface area contributed by atoms with Crippen molar-refractivity contribution in [1.82, 2.24) is 10.2 Å². The molecule has 214 valence electrons. The molecule has 1 fully saturated rings. The fraction of sp³-hybridized carbons (Fsp3) is 0.516. The van der Waals surface area contributed by atoms with E-state index in [1.165, 1.54) is 18.4 Å². The van der Waals surface area contributed by atoms with Crippen LogP contribution in [0.4, 0.5) is 0 Å². The van der Waals surface area contributed by atoms with E-state index in [9.17, 15) is 4.79 Å². The Morgan fingerprint density at radius 2 is 1.76 bits per heavy atom. The van der Waals surface area contributed by atoms with Crippen molar-refractivity contribution in [3.8, 4) is 0 Å². The van der Waals surface area contributed by atoms with Crippen molar-refractivity contribution in [3.05, 3.63) is 83.9 Å². The van der Waals surface area contributed by atoms with Crippen LogP contribution in [0.1, 0.15) is 85.3 Å². The third kappa shape index (κ3) is 24.9. The molecule has 0 aromatic heterocycles. The summed E-state index contributed by atoms with van der Waals surface area (Å²) in [5.41, 5.74) is 3.06. The minimum Gasteiger partial charge on any atom is -0.542 e. The first-order valence-electron chi connectivity index (χ1n) is 12.7. The number of likely N-dealkylation sites (tertiary alicyclic amines) is 1. The van der Waals surface area contributed by atoms with Gasteiger partial charge in [0.25, 0.3) is 0 Å². The fourth-order valence-corrected chi connectivity index (χ4v) is 3.62. The van der Waals surface area contributed by atoms with Gasteiger partial charge in [-0.2, -0.15) is 12.8 Å². The number of allylic oxidation sites excluding steroid dienone is 3. The van der Waals surface area contributed by atoms with E-state index in [0.29, 0.717) is 28.3 Å². The zero-order valence-corrected chi connectivity index (χ0v) is 30.2. The second-order valence-corrected chi connectivity index (χ2v) is 9.61. The van der Waals surface area contributed by atoms with Crippen LogP contribution < -0.4 is 56.7 Å². The Morgan fingerprint density at radius 1 is 1.26 bits per heavy atom. The fourth-order valence-electron chi connectivity index (χ4n) is 3.05. The SMILES string of the molecule is C=C(C)C.C=C/C(OC)=C(\C)NC(C)c1ccc(Cl)cc1Cl.CN1CCC[C@H]1C[C-]=O.[CH2-]CC.[CH2-]CC.[K+]. The Bertz CT molecular complexity index is 779. The Hall–Kier alpha value is -0.114. The average Bonchev–Trinajstić information content (AvgIpc) is 3.20. The van der Waals surface area contributed by atoms with Crippen LogP contribution in [0, 0.1) is 13.8 Å². The molecule has 1 aliphatic heterocycles. The molecule has 1 unspecified atom stereocenters. The number of nitrogens with zero attached hydrogens (tertiary/aromatic N) is 1. The molecule has 2 rings (SSSR count). The molecule has 1 saturated heterocycles. The van der Waals surface area contributed by atoms with Crippen LogP contribution in [0.5, 0.6) is 0 Å². The van der Waals surface area contributed by atoms with Crippen molar-refractivity contribution in [2.75, 3.05) is 20.7 Å². The summed E-state index contributed by atoms with van der Waals surface area (Å²) >= 11 is 12.0. The summed E-state index contributed by atoms with van der Waals surface area (Å²) in [6, 6.07) is 6.02. The number of benzene rings is 1. The largest absolute Gasteiger partial charge is 1.00 e. The number of methoxy groups -OCH3 is 1. The third-order valence-electron chi connectivity index (χ3n) is 4.63. The minimum absolute atomic E-state index is 0. The average molecular weight is 594 g/mol. The molecule has 0 spiro atoms. The Morgan fingerprint density at radius 3 is 2.11 bits per heavy atom. The van der Waals surface area contributed by atoms with E-state index in [-0.39, 0.29) is 57.4 Å². The van der Waals surface area contributed by atoms with Gasteiger partial charge in [0.05, 0.1) is 12.8 Å². The maximum Gasteiger partial charge on any atom is 1.00 e. The van der Waals surface area contributed by atoms with Gasteiger partial charge in [-0.1, -0.05) is 55.3 Å². The Kier molecular flexibility index (Phi) is 35.3. The summed E-state index contributed by atoms with van der Waals surface area (Å²) in [5.74, 6) is 0.715. The van der Waals surface area contributed by atoms with Gasteiger partial charge in [0.1, 0.15) is 5.76 Å². The molecule has 0 bridgehead atoms. The van der Waals surface area contributed by atoms with Gasteiger partial charge in [-0.25, -0.2) is 0 Å². The first-order valence-corrected chi connectivity index (χ1v) is 13.5. The number of ether oxygens (including phenoxy) is 1. The van der Waals surface area contributed by atoms with Gasteiger partial charge in [0.2, 0.25) is 0 Å². The van der Waals surface area contributed by atoms with Gasteiger partial charge >= 0.3 is 51.4 Å². The van der Waals surface area contributed by atoms with E-state index in [2.05, 4.69) is 44.3 Å². The first kappa shape index (κ1) is 44.9. The number of halogens is 2. The normalized spacial score (nSPS) is 14.9. The van der Waals surface area contributed by atoms with Crippen molar-refractivity contribution in [3.63, 3.8) is 0 Å². The molecule has 1 aliphatic rings. The number of rotatable bonds is 7. The summed E-state index contributed by atoms with van der Waals surface area (Å²) in [7, 11) is 3.68. The predicted octanol–water partition coefficient (Wildman–Crippen LogP) is 6.34. The van der Waals surface area contributed by atoms with Crippen molar-refractivity contribution in [1.29, 1.82) is 0 Å². The maximum absolute atomic E-state index is 9.95. The van der Waals surface area contributed by atoms with E-state index in [4.69, 9.17) is 27.9 Å². The van der Waals surface area contributed by atoms with Crippen LogP contribution in [0.15, 0.2) is 54.5 Å². The van der Waals surface area contributed by atoms with Gasteiger partial charge < -0.3 is 33.6 Å². The predicted molar refractivity (Wildman–Crippen MR) is 166 cm³/mol. The molecular weight excluding hydrogens is 542 g/mol. The third-order valence-corrected chi connectivity index (χ3v) is 5.19. The van der Waals surface area contributed by atoms with Gasteiger partial charge in [0, 0.05) is 16.1 Å². The molecule has 1 aromatic carbocycles. The number of nitrogens with one attached hydrogen (secondary N) is 1. The Labute approximate surface area is 288 Å². The van der Waals surface area contributed by atoms with Crippen molar-refractivity contribution in [2.45, 2.75) is 85.7 Å². The smallest absolute Gasteiger partial charge is 0.542 e. The quantitative estimate of drug-likeness (QED) is 0.132. The minimum atomic E-state index is 0. The zero-order valence-electron chi connectivity index (χ0n) is 25.6. The summed E-state index contributed by atoms with van der Waals surface area (Å²) in [4.78, 5) is 12.2. The molecule has 2 atom stereocenters. The van der Waals surface area contributed by atoms with Crippen molar-refractivity contribution >= 4 is 29.5 Å². The summed E-state index contributed by atoms with van der Waals surface area (Å²) in [6.07, 6.45) is 8.62. The van der Waals surface area contributed by atoms with Gasteiger partial charge in [-0.3, -0.25) is 6.29 Å². The molecule has 1 heterocycles. The topological polar surface area (TPSA) is 41.6 Å². The molecule has 0 saturated carbocycles. The Balaban J connectivity index is -0.000000240. The van der Waals surface area contributed by atoms with Crippen LogP contribution >= 0.6 is 23.2 Å². The summed E-state index contributed by atoms with van der Waals surface area (Å²) < 4.78 is 5.19. The van der Waals surface area contributed by atoms with Crippen LogP contribution in [-0.4, -0.2) is 37.9 Å². The van der Waals surface area contributed by atoms with Crippen LogP contribution in [-0.2, 0) is 9.53 Å². The molecule has 0 amide bonds. The summed E-state index contributed by atoms with van der Waals surface area (Å²) in [6.45, 7) is 27.3. The van der Waals surface area contributed by atoms with Gasteiger partial charge in [-0.15, -0.1) is 13.0 Å². The molecule has 7 heteroatoms. The van der Waals surface area contributed by atoms with Crippen LogP contribution in [0.25, 0.3) is 0 Å². The van der Waals surface area contributed by atoms with E-state index in [1.54, 1.807) is 19.3 Å². The number of hydrogen-bond acceptors (Lipinski definition) is 4. The molecule has 1 N–H and O–H groups in total. The van der Waals surface area contributed by atoms with E-state index < -0.39 is 0 Å². The van der Waals surface area contributed by atoms with Crippen molar-refractivity contribution in [2.24, 2.45) is 0 Å². The van der Waals surface area contributed by atoms with Gasteiger partial charge in [0.15, 0.2) is 0 Å². The number of carbonyl (C=O) groups excluding carboxylic acids is 1. The number of hydrogen-bond donors (Lipinski definition) is 1. The van der Waals surface area contributed by atoms with Crippen molar-refractivity contribution < 1.29 is 60.9 Å². The zero-order chi connectivity index (χ0) is 29.4.